The minimum Gasteiger partial charge on any atom is -0.340 e. The molecular formula is C18H21N5O3. The third-order valence-corrected chi connectivity index (χ3v) is 5.06. The number of nitrogens with one attached hydrogen (secondary N) is 2. The van der Waals surface area contributed by atoms with E-state index in [0.29, 0.717) is 30.4 Å². The molecule has 0 atom stereocenters. The second-order valence-electron chi connectivity index (χ2n) is 6.81. The molecule has 3 amide bonds. The van der Waals surface area contributed by atoms with E-state index < -0.39 is 5.54 Å². The molecule has 2 heterocycles. The Labute approximate surface area is 150 Å². The SMILES string of the molecule is Cc1nc(C2(NC(=O)c3ccc(N4CCNC4=O)cc3)CCCC2)no1. The average Bonchev–Trinajstić information content (AvgIpc) is 3.37. The van der Waals surface area contributed by atoms with Crippen molar-refractivity contribution in [1.82, 2.24) is 20.8 Å². The van der Waals surface area contributed by atoms with E-state index in [1.165, 1.54) is 0 Å². The number of aromatic nitrogens is 2. The van der Waals surface area contributed by atoms with Crippen LogP contribution in [0.4, 0.5) is 10.5 Å². The van der Waals surface area contributed by atoms with Crippen LogP contribution >= 0.6 is 0 Å². The molecule has 8 nitrogen and oxygen atoms in total. The van der Waals surface area contributed by atoms with Crippen molar-refractivity contribution < 1.29 is 14.1 Å². The lowest BCUT2D eigenvalue weighted by Gasteiger charge is -2.26. The molecule has 2 N–H and O–H groups in total. The third-order valence-electron chi connectivity index (χ3n) is 5.06. The van der Waals surface area contributed by atoms with Crippen molar-refractivity contribution in [2.24, 2.45) is 0 Å². The van der Waals surface area contributed by atoms with Crippen LogP contribution in [-0.4, -0.2) is 35.2 Å². The summed E-state index contributed by atoms with van der Waals surface area (Å²) >= 11 is 0. The minimum absolute atomic E-state index is 0.111. The number of carbonyl (C=O) groups is 2. The average molecular weight is 355 g/mol. The number of rotatable bonds is 4. The first-order valence-electron chi connectivity index (χ1n) is 8.86. The van der Waals surface area contributed by atoms with Gasteiger partial charge in [0.15, 0.2) is 5.82 Å². The maximum absolute atomic E-state index is 12.8. The summed E-state index contributed by atoms with van der Waals surface area (Å²) in [5.41, 5.74) is 0.753. The Hall–Kier alpha value is -2.90. The highest BCUT2D eigenvalue weighted by atomic mass is 16.5. The standard InChI is InChI=1S/C18H21N5O3/c1-12-20-16(22-26-12)18(8-2-3-9-18)21-15(24)13-4-6-14(7-5-13)23-11-10-19-17(23)25/h4-7H,2-3,8-11H2,1H3,(H,19,25)(H,21,24). The van der Waals surface area contributed by atoms with E-state index in [-0.39, 0.29) is 11.9 Å². The Morgan fingerprint density at radius 2 is 2.00 bits per heavy atom. The number of aryl methyl sites for hydroxylation is 1. The fourth-order valence-corrected chi connectivity index (χ4v) is 3.68. The van der Waals surface area contributed by atoms with Crippen LogP contribution in [0.15, 0.2) is 28.8 Å². The summed E-state index contributed by atoms with van der Waals surface area (Å²) < 4.78 is 5.12. The normalized spacial score (nSPS) is 18.8. The van der Waals surface area contributed by atoms with Gasteiger partial charge in [0.2, 0.25) is 5.89 Å². The summed E-state index contributed by atoms with van der Waals surface area (Å²) in [6.07, 6.45) is 3.61. The van der Waals surface area contributed by atoms with Crippen LogP contribution in [0.3, 0.4) is 0 Å². The minimum atomic E-state index is -0.567. The number of carbonyl (C=O) groups excluding carboxylic acids is 2. The van der Waals surface area contributed by atoms with Crippen LogP contribution < -0.4 is 15.5 Å². The maximum Gasteiger partial charge on any atom is 0.321 e. The molecule has 1 saturated heterocycles. The summed E-state index contributed by atoms with van der Waals surface area (Å²) in [6, 6.07) is 6.94. The van der Waals surface area contributed by atoms with E-state index in [9.17, 15) is 9.59 Å². The highest BCUT2D eigenvalue weighted by molar-refractivity contribution is 5.97. The number of hydrogen-bond donors (Lipinski definition) is 2. The molecule has 1 aromatic carbocycles. The lowest BCUT2D eigenvalue weighted by Crippen LogP contribution is -2.44. The summed E-state index contributed by atoms with van der Waals surface area (Å²) in [5, 5.41) is 9.92. The van der Waals surface area contributed by atoms with Crippen LogP contribution in [0.1, 0.15) is 47.8 Å². The molecule has 1 aromatic heterocycles. The summed E-state index contributed by atoms with van der Waals surface area (Å²) in [4.78, 5) is 30.5. The smallest absolute Gasteiger partial charge is 0.321 e. The van der Waals surface area contributed by atoms with Gasteiger partial charge in [-0.15, -0.1) is 0 Å². The summed E-state index contributed by atoms with van der Waals surface area (Å²) in [5.74, 6) is 0.867. The number of nitrogens with zero attached hydrogens (tertiary/aromatic N) is 3. The predicted octanol–water partition coefficient (Wildman–Crippen LogP) is 2.11. The lowest BCUT2D eigenvalue weighted by atomic mass is 9.96. The van der Waals surface area contributed by atoms with Gasteiger partial charge in [-0.2, -0.15) is 4.98 Å². The predicted molar refractivity (Wildman–Crippen MR) is 93.8 cm³/mol. The molecule has 2 fully saturated rings. The van der Waals surface area contributed by atoms with Gasteiger partial charge in [-0.05, 0) is 37.1 Å². The Kier molecular flexibility index (Phi) is 4.10. The Balaban J connectivity index is 1.52. The van der Waals surface area contributed by atoms with Crippen molar-refractivity contribution in [3.8, 4) is 0 Å². The fourth-order valence-electron chi connectivity index (χ4n) is 3.68. The molecule has 2 aliphatic rings. The number of benzene rings is 1. The van der Waals surface area contributed by atoms with Gasteiger partial charge in [0.25, 0.3) is 5.91 Å². The Bertz CT molecular complexity index is 824. The third kappa shape index (κ3) is 2.91. The molecule has 0 unspecified atom stereocenters. The molecule has 8 heteroatoms. The van der Waals surface area contributed by atoms with Gasteiger partial charge in [-0.1, -0.05) is 18.0 Å². The van der Waals surface area contributed by atoms with E-state index in [1.54, 1.807) is 36.1 Å². The quantitative estimate of drug-likeness (QED) is 0.875. The molecule has 26 heavy (non-hydrogen) atoms. The van der Waals surface area contributed by atoms with Gasteiger partial charge in [-0.25, -0.2) is 4.79 Å². The zero-order valence-electron chi connectivity index (χ0n) is 14.6. The van der Waals surface area contributed by atoms with E-state index in [0.717, 1.165) is 31.4 Å². The lowest BCUT2D eigenvalue weighted by molar-refractivity contribution is 0.0892. The molecule has 4 rings (SSSR count). The number of anilines is 1. The Morgan fingerprint density at radius 3 is 2.58 bits per heavy atom. The van der Waals surface area contributed by atoms with Gasteiger partial charge in [0.1, 0.15) is 5.54 Å². The zero-order valence-corrected chi connectivity index (χ0v) is 14.6. The maximum atomic E-state index is 12.8. The topological polar surface area (TPSA) is 100 Å². The summed E-state index contributed by atoms with van der Waals surface area (Å²) in [7, 11) is 0. The number of hydrogen-bond acceptors (Lipinski definition) is 5. The van der Waals surface area contributed by atoms with Crippen molar-refractivity contribution in [2.45, 2.75) is 38.1 Å². The van der Waals surface area contributed by atoms with Gasteiger partial charge in [0, 0.05) is 31.3 Å². The van der Waals surface area contributed by atoms with Crippen molar-refractivity contribution >= 4 is 17.6 Å². The molecule has 136 valence electrons. The molecule has 0 bridgehead atoms. The highest BCUT2D eigenvalue weighted by Crippen LogP contribution is 2.37. The first-order chi connectivity index (χ1) is 12.6. The van der Waals surface area contributed by atoms with E-state index in [2.05, 4.69) is 20.8 Å². The van der Waals surface area contributed by atoms with Crippen molar-refractivity contribution in [3.05, 3.63) is 41.5 Å². The largest absolute Gasteiger partial charge is 0.340 e. The van der Waals surface area contributed by atoms with Gasteiger partial charge in [-0.3, -0.25) is 9.69 Å². The highest BCUT2D eigenvalue weighted by Gasteiger charge is 2.41. The Morgan fingerprint density at radius 1 is 1.27 bits per heavy atom. The number of urea groups is 1. The zero-order chi connectivity index (χ0) is 18.1. The van der Waals surface area contributed by atoms with E-state index >= 15 is 0 Å². The van der Waals surface area contributed by atoms with Crippen LogP contribution in [0, 0.1) is 6.92 Å². The first kappa shape index (κ1) is 16.6. The summed E-state index contributed by atoms with van der Waals surface area (Å²) in [6.45, 7) is 3.01. The van der Waals surface area contributed by atoms with Gasteiger partial charge < -0.3 is 15.2 Å². The number of amides is 3. The fraction of sp³-hybridized carbons (Fsp3) is 0.444. The molecule has 1 saturated carbocycles. The molecule has 1 aliphatic carbocycles. The van der Waals surface area contributed by atoms with Crippen LogP contribution in [0.5, 0.6) is 0 Å². The van der Waals surface area contributed by atoms with E-state index in [1.807, 2.05) is 0 Å². The monoisotopic (exact) mass is 355 g/mol. The van der Waals surface area contributed by atoms with Crippen LogP contribution in [-0.2, 0) is 5.54 Å². The molecule has 1 aliphatic heterocycles. The first-order valence-corrected chi connectivity index (χ1v) is 8.86. The van der Waals surface area contributed by atoms with Gasteiger partial charge >= 0.3 is 6.03 Å². The molecule has 2 aromatic rings. The van der Waals surface area contributed by atoms with Gasteiger partial charge in [0.05, 0.1) is 0 Å². The second-order valence-corrected chi connectivity index (χ2v) is 6.81. The molecule has 0 spiro atoms. The van der Waals surface area contributed by atoms with Crippen molar-refractivity contribution in [1.29, 1.82) is 0 Å². The van der Waals surface area contributed by atoms with E-state index in [4.69, 9.17) is 4.52 Å². The van der Waals surface area contributed by atoms with Crippen LogP contribution in [0.25, 0.3) is 0 Å². The van der Waals surface area contributed by atoms with Crippen molar-refractivity contribution in [3.63, 3.8) is 0 Å². The second kappa shape index (κ2) is 6.44. The van der Waals surface area contributed by atoms with Crippen LogP contribution in [0.2, 0.25) is 0 Å². The molecular weight excluding hydrogens is 334 g/mol. The van der Waals surface area contributed by atoms with Crippen molar-refractivity contribution in [2.75, 3.05) is 18.0 Å². The molecule has 0 radical (unpaired) electrons.